The first kappa shape index (κ1) is 17.7. The van der Waals surface area contributed by atoms with E-state index in [4.69, 9.17) is 0 Å². The quantitative estimate of drug-likeness (QED) is 0.487. The molecule has 0 aliphatic heterocycles. The van der Waals surface area contributed by atoms with Gasteiger partial charge in [0.2, 0.25) is 0 Å². The Morgan fingerprint density at radius 1 is 1.35 bits per heavy atom. The lowest BCUT2D eigenvalue weighted by molar-refractivity contribution is -0.112. The van der Waals surface area contributed by atoms with Crippen molar-refractivity contribution in [2.45, 2.75) is 13.3 Å². The maximum absolute atomic E-state index is 13.0. The Bertz CT molecular complexity index is 510. The van der Waals surface area contributed by atoms with Crippen molar-refractivity contribution in [1.29, 1.82) is 0 Å². The monoisotopic (exact) mass is 283 g/mol. The van der Waals surface area contributed by atoms with Crippen molar-refractivity contribution in [1.82, 2.24) is 0 Å². The Morgan fingerprint density at radius 2 is 1.95 bits per heavy atom. The number of carbonyl (C=O) groups excluding carboxylic acids is 1. The van der Waals surface area contributed by atoms with E-state index >= 15 is 0 Å². The van der Waals surface area contributed by atoms with Crippen molar-refractivity contribution in [2.75, 3.05) is 5.32 Å². The summed E-state index contributed by atoms with van der Waals surface area (Å²) in [5.41, 5.74) is -0.329. The highest BCUT2D eigenvalue weighted by molar-refractivity contribution is 6.05. The largest absolute Gasteiger partial charge is 0.322 e. The molecule has 0 bridgehead atoms. The van der Waals surface area contributed by atoms with E-state index in [2.05, 4.69) is 25.1 Å². The van der Waals surface area contributed by atoms with Crippen LogP contribution in [-0.4, -0.2) is 5.91 Å². The fourth-order valence-electron chi connectivity index (χ4n) is 1.33. The molecule has 1 rings (SSSR count). The zero-order chi connectivity index (χ0) is 15.7. The highest BCUT2D eigenvalue weighted by Crippen LogP contribution is 2.25. The number of hydrogen-bond donors (Lipinski definition) is 1. The van der Waals surface area contributed by atoms with Crippen LogP contribution in [0.3, 0.4) is 0 Å². The third-order valence-electron chi connectivity index (χ3n) is 2.28. The first-order chi connectivity index (χ1) is 9.49. The Kier molecular flexibility index (Phi) is 7.74. The summed E-state index contributed by atoms with van der Waals surface area (Å²) in [5.74, 6) is -1.49. The summed E-state index contributed by atoms with van der Waals surface area (Å²) in [6, 6.07) is 3.02. The van der Waals surface area contributed by atoms with Crippen LogP contribution in [-0.2, 0) is 4.79 Å². The molecule has 0 aromatic heterocycles. The van der Waals surface area contributed by atoms with Crippen LogP contribution in [0.4, 0.5) is 18.9 Å². The van der Waals surface area contributed by atoms with Gasteiger partial charge < -0.3 is 5.32 Å². The maximum atomic E-state index is 13.0. The fraction of sp³-hybridized carbons (Fsp3) is 0.133. The molecule has 0 aliphatic carbocycles. The summed E-state index contributed by atoms with van der Waals surface area (Å²) < 4.78 is 37.9. The summed E-state index contributed by atoms with van der Waals surface area (Å²) in [7, 11) is 0. The van der Waals surface area contributed by atoms with Crippen LogP contribution in [0.25, 0.3) is 0 Å². The Hall–Kier alpha value is -2.30. The van der Waals surface area contributed by atoms with Crippen LogP contribution in [0.5, 0.6) is 0 Å². The summed E-state index contributed by atoms with van der Waals surface area (Å²) in [5, 5.41) is 2.39. The molecule has 0 heterocycles. The molecule has 0 saturated carbocycles. The summed E-state index contributed by atoms with van der Waals surface area (Å²) in [6.07, 6.45) is -0.0605. The lowest BCUT2D eigenvalue weighted by Crippen LogP contribution is -2.13. The van der Waals surface area contributed by atoms with E-state index in [1.165, 1.54) is 18.2 Å². The van der Waals surface area contributed by atoms with Crippen molar-refractivity contribution in [3.8, 4) is 0 Å². The Morgan fingerprint density at radius 3 is 2.40 bits per heavy atom. The van der Waals surface area contributed by atoms with Gasteiger partial charge in [0.15, 0.2) is 0 Å². The first-order valence-corrected chi connectivity index (χ1v) is 5.67. The molecule has 0 atom stereocenters. The average molecular weight is 283 g/mol. The summed E-state index contributed by atoms with van der Waals surface area (Å²) in [6.45, 7) is 11.1. The molecule has 1 N–H and O–H groups in total. The zero-order valence-electron chi connectivity index (χ0n) is 11.1. The molecule has 1 aromatic rings. The maximum Gasteiger partial charge on any atom is 0.266 e. The first-order valence-electron chi connectivity index (χ1n) is 5.67. The predicted molar refractivity (Wildman–Crippen MR) is 75.2 cm³/mol. The van der Waals surface area contributed by atoms with E-state index in [-0.39, 0.29) is 5.69 Å². The number of benzene rings is 1. The number of nitrogens with one attached hydrogen (secondary N) is 1. The van der Waals surface area contributed by atoms with Crippen LogP contribution in [0, 0.1) is 5.82 Å². The average Bonchev–Trinajstić information content (AvgIpc) is 2.44. The molecule has 0 aliphatic rings. The SMILES string of the molecule is C=C.C=C/C(=C\C)C(=O)Nc1ccc(F)c(C(F)F)c1. The van der Waals surface area contributed by atoms with Crippen LogP contribution in [0.15, 0.2) is 55.7 Å². The minimum atomic E-state index is -2.93. The van der Waals surface area contributed by atoms with Gasteiger partial charge in [-0.25, -0.2) is 13.2 Å². The Labute approximate surface area is 116 Å². The third kappa shape index (κ3) is 4.76. The second-order valence-corrected chi connectivity index (χ2v) is 3.44. The molecular formula is C15H16F3NO. The molecule has 0 spiro atoms. The van der Waals surface area contributed by atoms with E-state index < -0.39 is 23.7 Å². The molecule has 20 heavy (non-hydrogen) atoms. The van der Waals surface area contributed by atoms with Gasteiger partial charge in [-0.3, -0.25) is 4.79 Å². The number of alkyl halides is 2. The van der Waals surface area contributed by atoms with E-state index in [0.717, 1.165) is 12.1 Å². The van der Waals surface area contributed by atoms with Crippen molar-refractivity contribution < 1.29 is 18.0 Å². The standard InChI is InChI=1S/C13H12F3NO.C2H4/c1-3-8(4-2)13(18)17-9-5-6-11(14)10(7-9)12(15)16;1-2/h3-7,12H,1H2,2H3,(H,17,18);1-2H2/b8-4+;. The zero-order valence-corrected chi connectivity index (χ0v) is 11.1. The fourth-order valence-corrected chi connectivity index (χ4v) is 1.33. The number of allylic oxidation sites excluding steroid dienone is 1. The van der Waals surface area contributed by atoms with Gasteiger partial charge in [-0.05, 0) is 25.1 Å². The minimum Gasteiger partial charge on any atom is -0.322 e. The molecule has 2 nitrogen and oxygen atoms in total. The van der Waals surface area contributed by atoms with E-state index in [0.29, 0.717) is 5.57 Å². The number of carbonyl (C=O) groups is 1. The van der Waals surface area contributed by atoms with Crippen LogP contribution in [0.1, 0.15) is 18.9 Å². The highest BCUT2D eigenvalue weighted by Gasteiger charge is 2.14. The van der Waals surface area contributed by atoms with Crippen molar-refractivity contribution in [2.24, 2.45) is 0 Å². The van der Waals surface area contributed by atoms with Crippen LogP contribution >= 0.6 is 0 Å². The topological polar surface area (TPSA) is 29.1 Å². The summed E-state index contributed by atoms with van der Waals surface area (Å²) in [4.78, 5) is 11.6. The lowest BCUT2D eigenvalue weighted by atomic mass is 10.1. The van der Waals surface area contributed by atoms with Crippen molar-refractivity contribution in [3.05, 3.63) is 67.0 Å². The van der Waals surface area contributed by atoms with Gasteiger partial charge in [-0.1, -0.05) is 18.7 Å². The molecule has 0 unspecified atom stereocenters. The van der Waals surface area contributed by atoms with Crippen LogP contribution in [0.2, 0.25) is 0 Å². The van der Waals surface area contributed by atoms with Gasteiger partial charge >= 0.3 is 0 Å². The Balaban J connectivity index is 0.00000172. The number of rotatable bonds is 4. The molecule has 0 fully saturated rings. The van der Waals surface area contributed by atoms with Crippen LogP contribution < -0.4 is 5.32 Å². The second-order valence-electron chi connectivity index (χ2n) is 3.44. The number of halogens is 3. The lowest BCUT2D eigenvalue weighted by Gasteiger charge is -2.08. The van der Waals surface area contributed by atoms with E-state index in [1.54, 1.807) is 6.92 Å². The van der Waals surface area contributed by atoms with Gasteiger partial charge in [0.25, 0.3) is 12.3 Å². The molecule has 1 amide bonds. The van der Waals surface area contributed by atoms with E-state index in [9.17, 15) is 18.0 Å². The number of anilines is 1. The summed E-state index contributed by atoms with van der Waals surface area (Å²) >= 11 is 0. The highest BCUT2D eigenvalue weighted by atomic mass is 19.3. The van der Waals surface area contributed by atoms with Crippen molar-refractivity contribution in [3.63, 3.8) is 0 Å². The molecular weight excluding hydrogens is 267 g/mol. The molecule has 0 radical (unpaired) electrons. The minimum absolute atomic E-state index is 0.109. The van der Waals surface area contributed by atoms with Gasteiger partial charge in [0.05, 0.1) is 5.56 Å². The molecule has 108 valence electrons. The molecule has 1 aromatic carbocycles. The van der Waals surface area contributed by atoms with Gasteiger partial charge in [0.1, 0.15) is 5.82 Å². The van der Waals surface area contributed by atoms with Gasteiger partial charge in [-0.15, -0.1) is 13.2 Å². The smallest absolute Gasteiger partial charge is 0.266 e. The van der Waals surface area contributed by atoms with E-state index in [1.807, 2.05) is 0 Å². The normalized spacial score (nSPS) is 10.6. The molecule has 5 heteroatoms. The number of amides is 1. The molecule has 0 saturated heterocycles. The van der Waals surface area contributed by atoms with Gasteiger partial charge in [0, 0.05) is 11.3 Å². The number of hydrogen-bond acceptors (Lipinski definition) is 1. The predicted octanol–water partition coefficient (Wildman–Crippen LogP) is 4.64. The second kappa shape index (κ2) is 8.74. The van der Waals surface area contributed by atoms with Crippen molar-refractivity contribution >= 4 is 11.6 Å². The van der Waals surface area contributed by atoms with Gasteiger partial charge in [-0.2, -0.15) is 0 Å². The third-order valence-corrected chi connectivity index (χ3v) is 2.28.